The van der Waals surface area contributed by atoms with E-state index in [1.807, 2.05) is 0 Å². The third kappa shape index (κ3) is 4.33. The molecule has 0 unspecified atom stereocenters. The fourth-order valence-corrected chi connectivity index (χ4v) is 3.33. The van der Waals surface area contributed by atoms with E-state index in [9.17, 15) is 36.2 Å². The van der Waals surface area contributed by atoms with E-state index in [0.29, 0.717) is 24.8 Å². The van der Waals surface area contributed by atoms with Gasteiger partial charge in [0, 0.05) is 5.56 Å². The number of ether oxygens (including phenoxy) is 1. The Hall–Kier alpha value is -2.71. The SMILES string of the molecule is O=C(O)C1(c2ccc(OCC(F)(F)F)c(-c3ccc(C(F)(F)F)cc3)c2)CCC1. The van der Waals surface area contributed by atoms with E-state index in [-0.39, 0.29) is 16.9 Å². The van der Waals surface area contributed by atoms with E-state index in [2.05, 4.69) is 0 Å². The summed E-state index contributed by atoms with van der Waals surface area (Å²) in [4.78, 5) is 11.7. The van der Waals surface area contributed by atoms with Gasteiger partial charge in [-0.2, -0.15) is 26.3 Å². The van der Waals surface area contributed by atoms with Gasteiger partial charge in [0.25, 0.3) is 0 Å². The molecule has 1 N–H and O–H groups in total. The normalized spacial score (nSPS) is 16.2. The Balaban J connectivity index is 2.05. The van der Waals surface area contributed by atoms with Crippen LogP contribution >= 0.6 is 0 Å². The Morgan fingerprint density at radius 3 is 2.07 bits per heavy atom. The number of carboxylic acids is 1. The van der Waals surface area contributed by atoms with Crippen LogP contribution in [-0.2, 0) is 16.4 Å². The van der Waals surface area contributed by atoms with Crippen molar-refractivity contribution in [2.75, 3.05) is 6.61 Å². The predicted octanol–water partition coefficient (Wildman–Crippen LogP) is 5.82. The summed E-state index contributed by atoms with van der Waals surface area (Å²) in [6, 6.07) is 7.89. The van der Waals surface area contributed by atoms with Crippen molar-refractivity contribution in [3.63, 3.8) is 0 Å². The largest absolute Gasteiger partial charge is 0.483 e. The summed E-state index contributed by atoms with van der Waals surface area (Å²) in [5.41, 5.74) is -1.38. The third-order valence-corrected chi connectivity index (χ3v) is 5.06. The van der Waals surface area contributed by atoms with E-state index in [1.54, 1.807) is 0 Å². The van der Waals surface area contributed by atoms with Gasteiger partial charge in [0.15, 0.2) is 6.61 Å². The monoisotopic (exact) mass is 418 g/mol. The van der Waals surface area contributed by atoms with Gasteiger partial charge in [-0.05, 0) is 48.2 Å². The Kier molecular flexibility index (Phi) is 5.27. The molecule has 0 spiro atoms. The molecule has 2 aromatic carbocycles. The molecule has 0 aliphatic heterocycles. The van der Waals surface area contributed by atoms with Gasteiger partial charge in [-0.1, -0.05) is 24.6 Å². The second-order valence-electron chi connectivity index (χ2n) is 6.93. The maximum Gasteiger partial charge on any atom is 0.422 e. The summed E-state index contributed by atoms with van der Waals surface area (Å²) < 4.78 is 81.0. The molecule has 0 atom stereocenters. The van der Waals surface area contributed by atoms with E-state index in [0.717, 1.165) is 24.3 Å². The maximum atomic E-state index is 12.8. The first-order valence-electron chi connectivity index (χ1n) is 8.67. The highest BCUT2D eigenvalue weighted by atomic mass is 19.4. The lowest BCUT2D eigenvalue weighted by Crippen LogP contribution is -2.42. The Labute approximate surface area is 161 Å². The fraction of sp³-hybridized carbons (Fsp3) is 0.350. The number of hydrogen-bond donors (Lipinski definition) is 1. The van der Waals surface area contributed by atoms with Crippen LogP contribution in [0.4, 0.5) is 26.3 Å². The molecular formula is C20H16F6O3. The first kappa shape index (κ1) is 21.0. The van der Waals surface area contributed by atoms with Crippen molar-refractivity contribution in [3.8, 4) is 16.9 Å². The van der Waals surface area contributed by atoms with Crippen molar-refractivity contribution < 1.29 is 41.0 Å². The van der Waals surface area contributed by atoms with E-state index < -0.39 is 35.9 Å². The molecule has 1 fully saturated rings. The van der Waals surface area contributed by atoms with Gasteiger partial charge in [0.1, 0.15) is 5.75 Å². The molecule has 3 nitrogen and oxygen atoms in total. The second kappa shape index (κ2) is 7.27. The van der Waals surface area contributed by atoms with Crippen molar-refractivity contribution >= 4 is 5.97 Å². The number of carbonyl (C=O) groups is 1. The molecule has 0 bridgehead atoms. The average molecular weight is 418 g/mol. The summed E-state index contributed by atoms with van der Waals surface area (Å²) in [6.07, 6.45) is -7.73. The molecule has 0 saturated heterocycles. The Bertz CT molecular complexity index is 896. The summed E-state index contributed by atoms with van der Waals surface area (Å²) in [5.74, 6) is -1.24. The van der Waals surface area contributed by atoms with E-state index in [1.165, 1.54) is 18.2 Å². The van der Waals surface area contributed by atoms with Crippen molar-refractivity contribution in [2.24, 2.45) is 0 Å². The minimum absolute atomic E-state index is 0.105. The standard InChI is InChI=1S/C20H16F6O3/c21-19(22,23)11-29-16-7-6-14(18(17(27)28)8-1-9-18)10-15(16)12-2-4-13(5-3-12)20(24,25)26/h2-7,10H,1,8-9,11H2,(H,27,28). The van der Waals surface area contributed by atoms with Crippen molar-refractivity contribution in [2.45, 2.75) is 37.0 Å². The van der Waals surface area contributed by atoms with E-state index >= 15 is 0 Å². The van der Waals surface area contributed by atoms with Gasteiger partial charge >= 0.3 is 18.3 Å². The van der Waals surface area contributed by atoms with Crippen LogP contribution in [0.5, 0.6) is 5.75 Å². The highest BCUT2D eigenvalue weighted by Gasteiger charge is 2.46. The number of halogens is 6. The first-order chi connectivity index (χ1) is 13.4. The lowest BCUT2D eigenvalue weighted by Gasteiger charge is -2.38. The van der Waals surface area contributed by atoms with Crippen LogP contribution in [0, 0.1) is 0 Å². The first-order valence-corrected chi connectivity index (χ1v) is 8.67. The number of carboxylic acid groups (broad SMARTS) is 1. The van der Waals surface area contributed by atoms with Crippen LogP contribution in [0.1, 0.15) is 30.4 Å². The summed E-state index contributed by atoms with van der Waals surface area (Å²) >= 11 is 0. The molecule has 156 valence electrons. The minimum atomic E-state index is -4.60. The predicted molar refractivity (Wildman–Crippen MR) is 91.6 cm³/mol. The van der Waals surface area contributed by atoms with Crippen LogP contribution in [0.25, 0.3) is 11.1 Å². The highest BCUT2D eigenvalue weighted by Crippen LogP contribution is 2.46. The topological polar surface area (TPSA) is 46.5 Å². The van der Waals surface area contributed by atoms with Crippen molar-refractivity contribution in [1.29, 1.82) is 0 Å². The van der Waals surface area contributed by atoms with Gasteiger partial charge in [-0.3, -0.25) is 4.79 Å². The van der Waals surface area contributed by atoms with Crippen LogP contribution in [0.15, 0.2) is 42.5 Å². The fourth-order valence-electron chi connectivity index (χ4n) is 3.33. The molecule has 2 aromatic rings. The highest BCUT2D eigenvalue weighted by molar-refractivity contribution is 5.84. The number of aliphatic carboxylic acids is 1. The number of alkyl halides is 6. The van der Waals surface area contributed by atoms with E-state index in [4.69, 9.17) is 4.74 Å². The second-order valence-corrected chi connectivity index (χ2v) is 6.93. The van der Waals surface area contributed by atoms with Crippen molar-refractivity contribution in [3.05, 3.63) is 53.6 Å². The lowest BCUT2D eigenvalue weighted by atomic mass is 9.64. The lowest BCUT2D eigenvalue weighted by molar-refractivity contribution is -0.153. The maximum absolute atomic E-state index is 12.8. The van der Waals surface area contributed by atoms with Gasteiger partial charge in [0.05, 0.1) is 11.0 Å². The molecule has 1 aliphatic rings. The quantitative estimate of drug-likeness (QED) is 0.623. The van der Waals surface area contributed by atoms with Gasteiger partial charge in [-0.25, -0.2) is 0 Å². The van der Waals surface area contributed by atoms with Crippen LogP contribution < -0.4 is 4.74 Å². The molecule has 0 amide bonds. The summed E-state index contributed by atoms with van der Waals surface area (Å²) in [5, 5.41) is 9.60. The Morgan fingerprint density at radius 1 is 1.00 bits per heavy atom. The molecule has 3 rings (SSSR count). The molecule has 0 aromatic heterocycles. The molecule has 29 heavy (non-hydrogen) atoms. The zero-order chi connectivity index (χ0) is 21.4. The zero-order valence-electron chi connectivity index (χ0n) is 14.9. The van der Waals surface area contributed by atoms with Crippen LogP contribution in [-0.4, -0.2) is 23.9 Å². The van der Waals surface area contributed by atoms with Crippen LogP contribution in [0.3, 0.4) is 0 Å². The molecule has 1 saturated carbocycles. The molecular weight excluding hydrogens is 402 g/mol. The molecule has 1 aliphatic carbocycles. The van der Waals surface area contributed by atoms with Crippen molar-refractivity contribution in [1.82, 2.24) is 0 Å². The number of benzene rings is 2. The molecule has 0 heterocycles. The molecule has 9 heteroatoms. The number of rotatable bonds is 5. The minimum Gasteiger partial charge on any atom is -0.483 e. The average Bonchev–Trinajstić information content (AvgIpc) is 2.58. The Morgan fingerprint density at radius 2 is 1.62 bits per heavy atom. The van der Waals surface area contributed by atoms with Gasteiger partial charge in [0.2, 0.25) is 0 Å². The third-order valence-electron chi connectivity index (χ3n) is 5.06. The van der Waals surface area contributed by atoms with Gasteiger partial charge < -0.3 is 9.84 Å². The summed E-state index contributed by atoms with van der Waals surface area (Å²) in [7, 11) is 0. The number of hydrogen-bond acceptors (Lipinski definition) is 2. The van der Waals surface area contributed by atoms with Crippen LogP contribution in [0.2, 0.25) is 0 Å². The summed E-state index contributed by atoms with van der Waals surface area (Å²) in [6.45, 7) is -1.58. The zero-order valence-corrected chi connectivity index (χ0v) is 14.9. The smallest absolute Gasteiger partial charge is 0.422 e. The van der Waals surface area contributed by atoms with Gasteiger partial charge in [-0.15, -0.1) is 0 Å². The molecule has 0 radical (unpaired) electrons.